The molecule has 0 aliphatic carbocycles. The standard InChI is InChI=1S/C10H12N2O3/c13-6-7(14)5-11-10-12-8-3-1-2-4-9(8)15-10/h1-4,7,13-14H,5-6H2,(H,11,12). The number of anilines is 1. The Morgan fingerprint density at radius 2 is 2.20 bits per heavy atom. The minimum absolute atomic E-state index is 0.212. The average Bonchev–Trinajstić information content (AvgIpc) is 2.68. The quantitative estimate of drug-likeness (QED) is 0.685. The first-order valence-corrected chi connectivity index (χ1v) is 4.68. The maximum absolute atomic E-state index is 9.11. The van der Waals surface area contributed by atoms with Crippen molar-refractivity contribution in [3.8, 4) is 0 Å². The van der Waals surface area contributed by atoms with E-state index in [9.17, 15) is 0 Å². The maximum Gasteiger partial charge on any atom is 0.295 e. The lowest BCUT2D eigenvalue weighted by atomic mass is 10.3. The Bertz CT molecular complexity index is 408. The van der Waals surface area contributed by atoms with Crippen LogP contribution in [0.5, 0.6) is 0 Å². The van der Waals surface area contributed by atoms with Gasteiger partial charge < -0.3 is 19.9 Å². The molecule has 1 aromatic carbocycles. The molecule has 1 heterocycles. The molecular formula is C10H12N2O3. The van der Waals surface area contributed by atoms with Gasteiger partial charge in [-0.25, -0.2) is 0 Å². The number of nitrogens with one attached hydrogen (secondary N) is 1. The number of fused-ring (bicyclic) bond motifs is 1. The van der Waals surface area contributed by atoms with Crippen LogP contribution >= 0.6 is 0 Å². The zero-order valence-electron chi connectivity index (χ0n) is 8.05. The van der Waals surface area contributed by atoms with Crippen LogP contribution < -0.4 is 5.32 Å². The van der Waals surface area contributed by atoms with E-state index < -0.39 is 6.10 Å². The molecule has 15 heavy (non-hydrogen) atoms. The first-order chi connectivity index (χ1) is 7.29. The summed E-state index contributed by atoms with van der Waals surface area (Å²) in [4.78, 5) is 4.15. The molecule has 0 saturated heterocycles. The molecule has 80 valence electrons. The second-order valence-corrected chi connectivity index (χ2v) is 3.20. The van der Waals surface area contributed by atoms with Gasteiger partial charge >= 0.3 is 0 Å². The Morgan fingerprint density at radius 1 is 1.40 bits per heavy atom. The average molecular weight is 208 g/mol. The lowest BCUT2D eigenvalue weighted by molar-refractivity contribution is 0.105. The third kappa shape index (κ3) is 2.26. The first-order valence-electron chi connectivity index (χ1n) is 4.68. The monoisotopic (exact) mass is 208 g/mol. The highest BCUT2D eigenvalue weighted by molar-refractivity contribution is 5.74. The molecule has 0 amide bonds. The van der Waals surface area contributed by atoms with Crippen molar-refractivity contribution in [1.29, 1.82) is 0 Å². The molecule has 1 unspecified atom stereocenters. The summed E-state index contributed by atoms with van der Waals surface area (Å²) >= 11 is 0. The van der Waals surface area contributed by atoms with Gasteiger partial charge in [-0.05, 0) is 12.1 Å². The highest BCUT2D eigenvalue weighted by Gasteiger charge is 2.06. The van der Waals surface area contributed by atoms with Gasteiger partial charge in [-0.15, -0.1) is 0 Å². The lowest BCUT2D eigenvalue weighted by Gasteiger charge is -2.05. The van der Waals surface area contributed by atoms with Crippen molar-refractivity contribution in [3.05, 3.63) is 24.3 Å². The zero-order valence-corrected chi connectivity index (χ0v) is 8.05. The van der Waals surface area contributed by atoms with Crippen LogP contribution in [-0.2, 0) is 0 Å². The van der Waals surface area contributed by atoms with Crippen LogP contribution in [0.25, 0.3) is 11.1 Å². The predicted molar refractivity (Wildman–Crippen MR) is 55.6 cm³/mol. The van der Waals surface area contributed by atoms with Crippen molar-refractivity contribution >= 4 is 17.1 Å². The number of nitrogens with zero attached hydrogens (tertiary/aromatic N) is 1. The molecule has 0 radical (unpaired) electrons. The normalized spacial score (nSPS) is 12.9. The molecule has 5 heteroatoms. The maximum atomic E-state index is 9.11. The number of aliphatic hydroxyl groups is 2. The SMILES string of the molecule is OCC(O)CNc1nc2ccccc2o1. The summed E-state index contributed by atoms with van der Waals surface area (Å²) in [5.74, 6) is 0. The van der Waals surface area contributed by atoms with E-state index in [2.05, 4.69) is 10.3 Å². The smallest absolute Gasteiger partial charge is 0.295 e. The zero-order chi connectivity index (χ0) is 10.7. The third-order valence-corrected chi connectivity index (χ3v) is 1.99. The number of hydrogen-bond donors (Lipinski definition) is 3. The predicted octanol–water partition coefficient (Wildman–Crippen LogP) is 0.593. The van der Waals surface area contributed by atoms with Gasteiger partial charge in [0.2, 0.25) is 0 Å². The van der Waals surface area contributed by atoms with Gasteiger partial charge in [0, 0.05) is 6.54 Å². The van der Waals surface area contributed by atoms with Crippen LogP contribution in [-0.4, -0.2) is 34.5 Å². The van der Waals surface area contributed by atoms with E-state index in [0.29, 0.717) is 11.6 Å². The summed E-state index contributed by atoms with van der Waals surface area (Å²) in [5, 5.41) is 20.5. The molecule has 0 spiro atoms. The second kappa shape index (κ2) is 4.29. The van der Waals surface area contributed by atoms with Gasteiger partial charge in [0.15, 0.2) is 5.58 Å². The lowest BCUT2D eigenvalue weighted by Crippen LogP contribution is -2.22. The van der Waals surface area contributed by atoms with Crippen molar-refractivity contribution in [2.45, 2.75) is 6.10 Å². The molecular weight excluding hydrogens is 196 g/mol. The van der Waals surface area contributed by atoms with E-state index >= 15 is 0 Å². The van der Waals surface area contributed by atoms with E-state index in [1.807, 2.05) is 24.3 Å². The number of rotatable bonds is 4. The van der Waals surface area contributed by atoms with E-state index in [-0.39, 0.29) is 13.2 Å². The minimum Gasteiger partial charge on any atom is -0.424 e. The van der Waals surface area contributed by atoms with Crippen molar-refractivity contribution in [3.63, 3.8) is 0 Å². The summed E-state index contributed by atoms with van der Waals surface area (Å²) in [6.45, 7) is -0.0729. The summed E-state index contributed by atoms with van der Waals surface area (Å²) in [7, 11) is 0. The van der Waals surface area contributed by atoms with Crippen LogP contribution in [0.1, 0.15) is 0 Å². The summed E-state index contributed by atoms with van der Waals surface area (Å²) < 4.78 is 5.35. The fourth-order valence-electron chi connectivity index (χ4n) is 1.22. The van der Waals surface area contributed by atoms with E-state index in [1.54, 1.807) is 0 Å². The van der Waals surface area contributed by atoms with Crippen LogP contribution in [0, 0.1) is 0 Å². The van der Waals surface area contributed by atoms with Crippen molar-refractivity contribution in [1.82, 2.24) is 4.98 Å². The van der Waals surface area contributed by atoms with Crippen molar-refractivity contribution in [2.24, 2.45) is 0 Å². The Hall–Kier alpha value is -1.59. The van der Waals surface area contributed by atoms with Crippen molar-refractivity contribution in [2.75, 3.05) is 18.5 Å². The Balaban J connectivity index is 2.09. The first kappa shape index (κ1) is 9.95. The van der Waals surface area contributed by atoms with E-state index in [1.165, 1.54) is 0 Å². The highest BCUT2D eigenvalue weighted by Crippen LogP contribution is 2.17. The number of hydrogen-bond acceptors (Lipinski definition) is 5. The van der Waals surface area contributed by atoms with Gasteiger partial charge in [-0.3, -0.25) is 0 Å². The molecule has 0 aliphatic rings. The van der Waals surface area contributed by atoms with Crippen LogP contribution in [0.4, 0.5) is 6.01 Å². The molecule has 0 saturated carbocycles. The Kier molecular flexibility index (Phi) is 2.84. The fourth-order valence-corrected chi connectivity index (χ4v) is 1.22. The van der Waals surface area contributed by atoms with Crippen LogP contribution in [0.2, 0.25) is 0 Å². The third-order valence-electron chi connectivity index (χ3n) is 1.99. The summed E-state index contributed by atoms with van der Waals surface area (Å²) in [5.41, 5.74) is 1.46. The molecule has 3 N–H and O–H groups in total. The minimum atomic E-state index is -0.806. The molecule has 2 aromatic rings. The Morgan fingerprint density at radius 3 is 2.93 bits per heavy atom. The molecule has 1 atom stereocenters. The van der Waals surface area contributed by atoms with E-state index in [0.717, 1.165) is 5.52 Å². The molecule has 0 fully saturated rings. The van der Waals surface area contributed by atoms with Gasteiger partial charge in [0.1, 0.15) is 5.52 Å². The topological polar surface area (TPSA) is 78.5 Å². The van der Waals surface area contributed by atoms with Gasteiger partial charge in [0.25, 0.3) is 6.01 Å². The molecule has 2 rings (SSSR count). The number of aliphatic hydroxyl groups excluding tert-OH is 2. The van der Waals surface area contributed by atoms with Gasteiger partial charge in [-0.1, -0.05) is 12.1 Å². The molecule has 0 aliphatic heterocycles. The summed E-state index contributed by atoms with van der Waals surface area (Å²) in [6, 6.07) is 7.74. The fraction of sp³-hybridized carbons (Fsp3) is 0.300. The van der Waals surface area contributed by atoms with Crippen LogP contribution in [0.3, 0.4) is 0 Å². The number of para-hydroxylation sites is 2. The molecule has 1 aromatic heterocycles. The van der Waals surface area contributed by atoms with Gasteiger partial charge in [-0.2, -0.15) is 4.98 Å². The Labute approximate surface area is 86.4 Å². The highest BCUT2D eigenvalue weighted by atomic mass is 16.4. The molecule has 0 bridgehead atoms. The number of aromatic nitrogens is 1. The van der Waals surface area contributed by atoms with Crippen LogP contribution in [0.15, 0.2) is 28.7 Å². The van der Waals surface area contributed by atoms with Gasteiger partial charge in [0.05, 0.1) is 12.7 Å². The number of oxazole rings is 1. The largest absolute Gasteiger partial charge is 0.424 e. The molecule has 5 nitrogen and oxygen atoms in total. The van der Waals surface area contributed by atoms with Crippen molar-refractivity contribution < 1.29 is 14.6 Å². The second-order valence-electron chi connectivity index (χ2n) is 3.20. The summed E-state index contributed by atoms with van der Waals surface area (Å²) in [6.07, 6.45) is -0.806. The number of benzene rings is 1. The van der Waals surface area contributed by atoms with E-state index in [4.69, 9.17) is 14.6 Å².